The first-order valence-corrected chi connectivity index (χ1v) is 8.57. The molecule has 0 amide bonds. The van der Waals surface area contributed by atoms with Gasteiger partial charge in [0.15, 0.2) is 5.96 Å². The molecule has 0 spiro atoms. The highest BCUT2D eigenvalue weighted by Gasteiger charge is 1.98. The van der Waals surface area contributed by atoms with Gasteiger partial charge in [0.2, 0.25) is 0 Å². The Labute approximate surface area is 163 Å². The Morgan fingerprint density at radius 2 is 2.00 bits per heavy atom. The van der Waals surface area contributed by atoms with Crippen molar-refractivity contribution >= 4 is 41.7 Å². The third-order valence-electron chi connectivity index (χ3n) is 3.11. The van der Waals surface area contributed by atoms with Crippen LogP contribution in [0, 0.1) is 5.82 Å². The Hall–Kier alpha value is -1.29. The van der Waals surface area contributed by atoms with E-state index >= 15 is 0 Å². The third kappa shape index (κ3) is 8.00. The molecule has 0 aliphatic rings. The van der Waals surface area contributed by atoms with Gasteiger partial charge in [0.25, 0.3) is 0 Å². The molecule has 0 aliphatic heterocycles. The molecule has 0 saturated carbocycles. The molecule has 132 valence electrons. The first kappa shape index (κ1) is 20.8. The molecule has 0 bridgehead atoms. The van der Waals surface area contributed by atoms with E-state index in [0.29, 0.717) is 0 Å². The van der Waals surface area contributed by atoms with Crippen molar-refractivity contribution < 1.29 is 4.39 Å². The zero-order chi connectivity index (χ0) is 16.3. The fourth-order valence-electron chi connectivity index (χ4n) is 1.94. The molecule has 8 heteroatoms. The Balaban J connectivity index is 0.00000288. The minimum absolute atomic E-state index is 0. The molecule has 0 aliphatic carbocycles. The summed E-state index contributed by atoms with van der Waals surface area (Å²) in [6, 6.07) is 8.51. The molecule has 0 radical (unpaired) electrons. The fraction of sp³-hybridized carbons (Fsp3) is 0.375. The van der Waals surface area contributed by atoms with Gasteiger partial charge in [-0.05, 0) is 42.5 Å². The van der Waals surface area contributed by atoms with Crippen molar-refractivity contribution in [2.24, 2.45) is 4.99 Å². The summed E-state index contributed by atoms with van der Waals surface area (Å²) >= 11 is 1.73. The SMILES string of the molecule is CN=C(NCCCSc1ccc(F)cc1)NCCn1cccn1.I. The summed E-state index contributed by atoms with van der Waals surface area (Å²) in [4.78, 5) is 5.28. The van der Waals surface area contributed by atoms with Crippen LogP contribution in [0.25, 0.3) is 0 Å². The maximum absolute atomic E-state index is 12.8. The van der Waals surface area contributed by atoms with Crippen molar-refractivity contribution in [3.8, 4) is 0 Å². The average molecular weight is 463 g/mol. The Kier molecular flexibility index (Phi) is 10.5. The lowest BCUT2D eigenvalue weighted by Crippen LogP contribution is -2.39. The van der Waals surface area contributed by atoms with Gasteiger partial charge in [0.1, 0.15) is 5.82 Å². The predicted molar refractivity (Wildman–Crippen MR) is 109 cm³/mol. The van der Waals surface area contributed by atoms with Crippen LogP contribution in [-0.2, 0) is 6.54 Å². The lowest BCUT2D eigenvalue weighted by atomic mass is 10.4. The minimum atomic E-state index is -0.194. The largest absolute Gasteiger partial charge is 0.356 e. The Morgan fingerprint density at radius 1 is 1.25 bits per heavy atom. The molecule has 2 aromatic rings. The van der Waals surface area contributed by atoms with Gasteiger partial charge >= 0.3 is 0 Å². The first-order valence-electron chi connectivity index (χ1n) is 7.58. The van der Waals surface area contributed by atoms with E-state index in [1.165, 1.54) is 12.1 Å². The quantitative estimate of drug-likeness (QED) is 0.208. The zero-order valence-electron chi connectivity index (χ0n) is 13.6. The second kappa shape index (κ2) is 12.1. The standard InChI is InChI=1S/C16H22FN5S.HI/c1-18-16(20-10-12-22-11-2-9-21-22)19-8-3-13-23-15-6-4-14(17)5-7-15;/h2,4-7,9,11H,3,8,10,12-13H2,1H3,(H2,18,19,20);1H. The number of halogens is 2. The maximum Gasteiger partial charge on any atom is 0.191 e. The number of guanidine groups is 1. The van der Waals surface area contributed by atoms with E-state index in [9.17, 15) is 4.39 Å². The number of hydrogen-bond donors (Lipinski definition) is 2. The molecule has 0 saturated heterocycles. The first-order chi connectivity index (χ1) is 11.3. The van der Waals surface area contributed by atoms with E-state index in [1.807, 2.05) is 29.1 Å². The molecule has 2 N–H and O–H groups in total. The van der Waals surface area contributed by atoms with Crippen molar-refractivity contribution in [2.75, 3.05) is 25.9 Å². The minimum Gasteiger partial charge on any atom is -0.356 e. The highest BCUT2D eigenvalue weighted by Crippen LogP contribution is 2.18. The smallest absolute Gasteiger partial charge is 0.191 e. The summed E-state index contributed by atoms with van der Waals surface area (Å²) in [5.41, 5.74) is 0. The van der Waals surface area contributed by atoms with Crippen molar-refractivity contribution in [2.45, 2.75) is 17.9 Å². The normalized spacial score (nSPS) is 11.0. The average Bonchev–Trinajstić information content (AvgIpc) is 3.08. The van der Waals surface area contributed by atoms with Crippen LogP contribution in [0.1, 0.15) is 6.42 Å². The van der Waals surface area contributed by atoms with Gasteiger partial charge in [-0.1, -0.05) is 0 Å². The molecule has 1 aromatic carbocycles. The monoisotopic (exact) mass is 463 g/mol. The van der Waals surface area contributed by atoms with Gasteiger partial charge in [0, 0.05) is 37.4 Å². The van der Waals surface area contributed by atoms with Crippen LogP contribution in [0.15, 0.2) is 52.6 Å². The van der Waals surface area contributed by atoms with Gasteiger partial charge in [-0.25, -0.2) is 4.39 Å². The van der Waals surface area contributed by atoms with Gasteiger partial charge in [-0.2, -0.15) is 5.10 Å². The van der Waals surface area contributed by atoms with Crippen LogP contribution in [0.3, 0.4) is 0 Å². The van der Waals surface area contributed by atoms with Crippen molar-refractivity contribution in [1.82, 2.24) is 20.4 Å². The highest BCUT2D eigenvalue weighted by molar-refractivity contribution is 14.0. The van der Waals surface area contributed by atoms with Crippen LogP contribution in [0.2, 0.25) is 0 Å². The second-order valence-electron chi connectivity index (χ2n) is 4.85. The molecule has 1 aromatic heterocycles. The lowest BCUT2D eigenvalue weighted by Gasteiger charge is -2.11. The fourth-order valence-corrected chi connectivity index (χ4v) is 2.79. The van der Waals surface area contributed by atoms with Crippen molar-refractivity contribution in [3.63, 3.8) is 0 Å². The van der Waals surface area contributed by atoms with E-state index in [4.69, 9.17) is 0 Å². The number of nitrogens with one attached hydrogen (secondary N) is 2. The van der Waals surface area contributed by atoms with E-state index < -0.39 is 0 Å². The van der Waals surface area contributed by atoms with Gasteiger partial charge in [0.05, 0.1) is 6.54 Å². The molecule has 24 heavy (non-hydrogen) atoms. The molecular weight excluding hydrogens is 440 g/mol. The number of thioether (sulfide) groups is 1. The number of benzene rings is 1. The van der Waals surface area contributed by atoms with Crippen molar-refractivity contribution in [3.05, 3.63) is 48.5 Å². The van der Waals surface area contributed by atoms with E-state index in [-0.39, 0.29) is 29.8 Å². The van der Waals surface area contributed by atoms with E-state index in [2.05, 4.69) is 20.7 Å². The van der Waals surface area contributed by atoms with E-state index in [0.717, 1.165) is 42.7 Å². The molecule has 0 fully saturated rings. The van der Waals surface area contributed by atoms with Crippen LogP contribution in [-0.4, -0.2) is 41.6 Å². The molecule has 0 unspecified atom stereocenters. The van der Waals surface area contributed by atoms with Crippen LogP contribution < -0.4 is 10.6 Å². The zero-order valence-corrected chi connectivity index (χ0v) is 16.8. The molecular formula is C16H23FIN5S. The Bertz CT molecular complexity index is 589. The van der Waals surface area contributed by atoms with Gasteiger partial charge in [-0.15, -0.1) is 35.7 Å². The summed E-state index contributed by atoms with van der Waals surface area (Å²) in [7, 11) is 1.76. The third-order valence-corrected chi connectivity index (χ3v) is 4.21. The van der Waals surface area contributed by atoms with Gasteiger partial charge < -0.3 is 10.6 Å². The number of aromatic nitrogens is 2. The lowest BCUT2D eigenvalue weighted by molar-refractivity contribution is 0.597. The number of rotatable bonds is 8. The second-order valence-corrected chi connectivity index (χ2v) is 6.02. The number of aliphatic imine (C=N–C) groups is 1. The van der Waals surface area contributed by atoms with E-state index in [1.54, 1.807) is 25.0 Å². The summed E-state index contributed by atoms with van der Waals surface area (Å²) in [6.45, 7) is 2.41. The summed E-state index contributed by atoms with van der Waals surface area (Å²) in [5.74, 6) is 1.58. The van der Waals surface area contributed by atoms with Crippen LogP contribution in [0.4, 0.5) is 4.39 Å². The highest BCUT2D eigenvalue weighted by atomic mass is 127. The predicted octanol–water partition coefficient (Wildman–Crippen LogP) is 2.99. The molecule has 0 atom stereocenters. The summed E-state index contributed by atoms with van der Waals surface area (Å²) in [6.07, 6.45) is 4.71. The number of hydrogen-bond acceptors (Lipinski definition) is 3. The summed E-state index contributed by atoms with van der Waals surface area (Å²) < 4.78 is 14.7. The molecule has 5 nitrogen and oxygen atoms in total. The van der Waals surface area contributed by atoms with Crippen LogP contribution in [0.5, 0.6) is 0 Å². The summed E-state index contributed by atoms with van der Waals surface area (Å²) in [5, 5.41) is 10.7. The maximum atomic E-state index is 12.8. The number of nitrogens with zero attached hydrogens (tertiary/aromatic N) is 3. The molecule has 1 heterocycles. The topological polar surface area (TPSA) is 54.2 Å². The molecule has 2 rings (SSSR count). The van der Waals surface area contributed by atoms with Crippen LogP contribution >= 0.6 is 35.7 Å². The van der Waals surface area contributed by atoms with Crippen molar-refractivity contribution in [1.29, 1.82) is 0 Å². The Morgan fingerprint density at radius 3 is 2.67 bits per heavy atom. The van der Waals surface area contributed by atoms with Gasteiger partial charge in [-0.3, -0.25) is 9.67 Å².